The van der Waals surface area contributed by atoms with E-state index in [2.05, 4.69) is 0 Å². The van der Waals surface area contributed by atoms with Crippen LogP contribution < -0.4 is 0 Å². The van der Waals surface area contributed by atoms with Crippen LogP contribution in [-0.2, 0) is 10.1 Å². The molecule has 1 unspecified atom stereocenters. The molecule has 0 saturated heterocycles. The maximum atomic E-state index is 10.7. The highest BCUT2D eigenvalue weighted by atomic mass is 32.2. The van der Waals surface area contributed by atoms with E-state index in [1.807, 2.05) is 26.8 Å². The molecule has 1 rings (SSSR count). The normalized spacial score (nSPS) is 23.7. The molecule has 0 radical (unpaired) electrons. The summed E-state index contributed by atoms with van der Waals surface area (Å²) in [7, 11) is -3.86. The molecule has 0 amide bonds. The summed E-state index contributed by atoms with van der Waals surface area (Å²) in [5.41, 5.74) is 3.55. The van der Waals surface area contributed by atoms with Gasteiger partial charge in [0.05, 0.1) is 5.75 Å². The lowest BCUT2D eigenvalue weighted by Gasteiger charge is -2.21. The van der Waals surface area contributed by atoms with Crippen molar-refractivity contribution in [2.24, 2.45) is 5.92 Å². The lowest BCUT2D eigenvalue weighted by molar-refractivity contribution is 0.473. The third-order valence-electron chi connectivity index (χ3n) is 2.71. The first-order chi connectivity index (χ1) is 6.29. The Kier molecular flexibility index (Phi) is 3.17. The SMILES string of the molecule is CC1=CC(CS(=O)(=O)O)CC(C)=C1C. The molecule has 1 atom stereocenters. The fourth-order valence-corrected chi connectivity index (χ4v) is 2.55. The van der Waals surface area contributed by atoms with Gasteiger partial charge >= 0.3 is 0 Å². The van der Waals surface area contributed by atoms with Gasteiger partial charge in [0, 0.05) is 0 Å². The smallest absolute Gasteiger partial charge is 0.265 e. The third-order valence-corrected chi connectivity index (χ3v) is 3.56. The third kappa shape index (κ3) is 2.96. The first kappa shape index (κ1) is 11.5. The molecular weight excluding hydrogens is 200 g/mol. The van der Waals surface area contributed by atoms with E-state index in [-0.39, 0.29) is 11.7 Å². The maximum absolute atomic E-state index is 10.7. The molecular formula is C10H16O3S. The van der Waals surface area contributed by atoms with Crippen LogP contribution in [0, 0.1) is 5.92 Å². The molecule has 0 aromatic heterocycles. The zero-order valence-corrected chi connectivity index (χ0v) is 9.56. The molecule has 80 valence electrons. The summed E-state index contributed by atoms with van der Waals surface area (Å²) in [5, 5.41) is 0. The van der Waals surface area contributed by atoms with Crippen LogP contribution in [0.4, 0.5) is 0 Å². The van der Waals surface area contributed by atoms with Crippen molar-refractivity contribution in [1.82, 2.24) is 0 Å². The fraction of sp³-hybridized carbons (Fsp3) is 0.600. The summed E-state index contributed by atoms with van der Waals surface area (Å²) in [6, 6.07) is 0. The summed E-state index contributed by atoms with van der Waals surface area (Å²) in [6.07, 6.45) is 2.65. The van der Waals surface area contributed by atoms with Crippen LogP contribution in [0.1, 0.15) is 27.2 Å². The first-order valence-electron chi connectivity index (χ1n) is 4.60. The average molecular weight is 216 g/mol. The average Bonchev–Trinajstić information content (AvgIpc) is 1.96. The minimum atomic E-state index is -3.86. The van der Waals surface area contributed by atoms with Crippen LogP contribution in [-0.4, -0.2) is 18.7 Å². The zero-order valence-electron chi connectivity index (χ0n) is 8.74. The predicted octanol–water partition coefficient (Wildman–Crippen LogP) is 2.18. The van der Waals surface area contributed by atoms with E-state index in [9.17, 15) is 8.42 Å². The Bertz CT molecular complexity index is 388. The van der Waals surface area contributed by atoms with Gasteiger partial charge in [-0.2, -0.15) is 8.42 Å². The predicted molar refractivity (Wildman–Crippen MR) is 56.7 cm³/mol. The van der Waals surface area contributed by atoms with Crippen LogP contribution in [0.15, 0.2) is 22.8 Å². The van der Waals surface area contributed by atoms with Crippen molar-refractivity contribution in [3.8, 4) is 0 Å². The second kappa shape index (κ2) is 3.87. The maximum Gasteiger partial charge on any atom is 0.265 e. The summed E-state index contributed by atoms with van der Waals surface area (Å²) in [6.45, 7) is 6.00. The largest absolute Gasteiger partial charge is 0.286 e. The van der Waals surface area contributed by atoms with Crippen molar-refractivity contribution in [3.05, 3.63) is 22.8 Å². The lowest BCUT2D eigenvalue weighted by atomic mass is 9.88. The van der Waals surface area contributed by atoms with E-state index >= 15 is 0 Å². The van der Waals surface area contributed by atoms with E-state index in [0.29, 0.717) is 0 Å². The van der Waals surface area contributed by atoms with E-state index in [4.69, 9.17) is 4.55 Å². The molecule has 0 bridgehead atoms. The molecule has 1 N–H and O–H groups in total. The highest BCUT2D eigenvalue weighted by Gasteiger charge is 2.19. The van der Waals surface area contributed by atoms with Crippen molar-refractivity contribution in [1.29, 1.82) is 0 Å². The topological polar surface area (TPSA) is 54.4 Å². The Morgan fingerprint density at radius 3 is 2.43 bits per heavy atom. The van der Waals surface area contributed by atoms with Gasteiger partial charge in [-0.3, -0.25) is 4.55 Å². The van der Waals surface area contributed by atoms with Gasteiger partial charge in [0.15, 0.2) is 0 Å². The van der Waals surface area contributed by atoms with E-state index in [1.165, 1.54) is 11.1 Å². The quantitative estimate of drug-likeness (QED) is 0.720. The van der Waals surface area contributed by atoms with Crippen LogP contribution in [0.5, 0.6) is 0 Å². The molecule has 3 nitrogen and oxygen atoms in total. The number of hydrogen-bond donors (Lipinski definition) is 1. The summed E-state index contributed by atoms with van der Waals surface area (Å²) in [5.74, 6) is -0.247. The Morgan fingerprint density at radius 1 is 1.43 bits per heavy atom. The van der Waals surface area contributed by atoms with Crippen LogP contribution in [0.2, 0.25) is 0 Å². The molecule has 0 aromatic rings. The number of allylic oxidation sites excluding steroid dienone is 4. The van der Waals surface area contributed by atoms with E-state index in [0.717, 1.165) is 12.0 Å². The molecule has 14 heavy (non-hydrogen) atoms. The minimum absolute atomic E-state index is 0.0753. The first-order valence-corrected chi connectivity index (χ1v) is 6.21. The van der Waals surface area contributed by atoms with Crippen molar-refractivity contribution in [3.63, 3.8) is 0 Å². The zero-order chi connectivity index (χ0) is 10.9. The van der Waals surface area contributed by atoms with Gasteiger partial charge in [0.2, 0.25) is 0 Å². The monoisotopic (exact) mass is 216 g/mol. The van der Waals surface area contributed by atoms with Gasteiger partial charge in [-0.1, -0.05) is 17.2 Å². The number of hydrogen-bond acceptors (Lipinski definition) is 2. The fourth-order valence-electron chi connectivity index (χ4n) is 1.80. The van der Waals surface area contributed by atoms with Gasteiger partial charge in [0.25, 0.3) is 10.1 Å². The van der Waals surface area contributed by atoms with Crippen LogP contribution in [0.25, 0.3) is 0 Å². The second-order valence-electron chi connectivity index (χ2n) is 3.97. The van der Waals surface area contributed by atoms with Gasteiger partial charge in [0.1, 0.15) is 0 Å². The highest BCUT2D eigenvalue weighted by Crippen LogP contribution is 2.28. The molecule has 1 aliphatic rings. The summed E-state index contributed by atoms with van der Waals surface area (Å²) >= 11 is 0. The molecule has 0 fully saturated rings. The van der Waals surface area contributed by atoms with E-state index < -0.39 is 10.1 Å². The minimum Gasteiger partial charge on any atom is -0.286 e. The summed E-state index contributed by atoms with van der Waals surface area (Å²) < 4.78 is 30.1. The Hall–Kier alpha value is -0.610. The highest BCUT2D eigenvalue weighted by molar-refractivity contribution is 7.85. The van der Waals surface area contributed by atoms with Crippen molar-refractivity contribution < 1.29 is 13.0 Å². The molecule has 0 spiro atoms. The number of rotatable bonds is 2. The van der Waals surface area contributed by atoms with Gasteiger partial charge in [-0.15, -0.1) is 0 Å². The van der Waals surface area contributed by atoms with Gasteiger partial charge < -0.3 is 0 Å². The Balaban J connectivity index is 2.82. The summed E-state index contributed by atoms with van der Waals surface area (Å²) in [4.78, 5) is 0. The molecule has 1 aliphatic carbocycles. The van der Waals surface area contributed by atoms with E-state index in [1.54, 1.807) is 0 Å². The van der Waals surface area contributed by atoms with Crippen molar-refractivity contribution in [2.45, 2.75) is 27.2 Å². The van der Waals surface area contributed by atoms with Crippen molar-refractivity contribution >= 4 is 10.1 Å². The lowest BCUT2D eigenvalue weighted by Crippen LogP contribution is -2.17. The van der Waals surface area contributed by atoms with Gasteiger partial charge in [-0.05, 0) is 38.7 Å². The molecule has 4 heteroatoms. The Morgan fingerprint density at radius 2 is 2.00 bits per heavy atom. The molecule has 0 saturated carbocycles. The molecule has 0 heterocycles. The standard InChI is InChI=1S/C10H16O3S/c1-7-4-10(6-14(11,12)13)5-8(2)9(7)3/h4,10H,5-6H2,1-3H3,(H,11,12,13). The van der Waals surface area contributed by atoms with Crippen LogP contribution in [0.3, 0.4) is 0 Å². The van der Waals surface area contributed by atoms with Crippen LogP contribution >= 0.6 is 0 Å². The second-order valence-corrected chi connectivity index (χ2v) is 5.46. The molecule has 0 aromatic carbocycles. The van der Waals surface area contributed by atoms with Gasteiger partial charge in [-0.25, -0.2) is 0 Å². The van der Waals surface area contributed by atoms with Crippen molar-refractivity contribution in [2.75, 3.05) is 5.75 Å². The molecule has 0 aliphatic heterocycles. The Labute approximate surface area is 85.3 Å².